The monoisotopic (exact) mass is 402 g/mol. The maximum atomic E-state index is 12.4. The van der Waals surface area contributed by atoms with Gasteiger partial charge in [0.1, 0.15) is 0 Å². The number of thioether (sulfide) groups is 1. The summed E-state index contributed by atoms with van der Waals surface area (Å²) < 4.78 is 7.18. The summed E-state index contributed by atoms with van der Waals surface area (Å²) in [5.41, 5.74) is 1.11. The first-order valence-corrected chi connectivity index (χ1v) is 10.9. The van der Waals surface area contributed by atoms with E-state index in [0.717, 1.165) is 32.3 Å². The zero-order valence-corrected chi connectivity index (χ0v) is 16.7. The zero-order chi connectivity index (χ0) is 19.4. The SMILES string of the molecule is O=C(CSc1n[nH]c(=O)n1CC1CCCO1)NCC1(c2ccccc2)CCC1. The number of hydrogen-bond acceptors (Lipinski definition) is 5. The minimum absolute atomic E-state index is 0.0358. The van der Waals surface area contributed by atoms with Gasteiger partial charge >= 0.3 is 5.69 Å². The van der Waals surface area contributed by atoms with Gasteiger partial charge in [-0.3, -0.25) is 9.36 Å². The largest absolute Gasteiger partial charge is 0.376 e. The first-order valence-electron chi connectivity index (χ1n) is 9.88. The molecule has 0 radical (unpaired) electrons. The minimum atomic E-state index is -0.254. The second-order valence-corrected chi connectivity index (χ2v) is 8.56. The summed E-state index contributed by atoms with van der Waals surface area (Å²) in [5, 5.41) is 10.2. The van der Waals surface area contributed by atoms with Gasteiger partial charge in [-0.2, -0.15) is 0 Å². The summed E-state index contributed by atoms with van der Waals surface area (Å²) in [4.78, 5) is 24.4. The molecule has 28 heavy (non-hydrogen) atoms. The van der Waals surface area contributed by atoms with Crippen LogP contribution in [0.3, 0.4) is 0 Å². The van der Waals surface area contributed by atoms with E-state index in [9.17, 15) is 9.59 Å². The molecule has 1 amide bonds. The smallest absolute Gasteiger partial charge is 0.344 e. The number of benzene rings is 1. The Kier molecular flexibility index (Phi) is 5.87. The van der Waals surface area contributed by atoms with E-state index in [1.54, 1.807) is 4.57 Å². The highest BCUT2D eigenvalue weighted by Crippen LogP contribution is 2.43. The summed E-state index contributed by atoms with van der Waals surface area (Å²) in [6, 6.07) is 10.4. The molecule has 2 aromatic rings. The number of amides is 1. The van der Waals surface area contributed by atoms with Crippen molar-refractivity contribution in [2.45, 2.75) is 55.3 Å². The molecule has 150 valence electrons. The molecule has 2 heterocycles. The molecule has 2 fully saturated rings. The van der Waals surface area contributed by atoms with E-state index >= 15 is 0 Å². The molecule has 1 saturated carbocycles. The number of aromatic nitrogens is 3. The van der Waals surface area contributed by atoms with Gasteiger partial charge in [-0.25, -0.2) is 9.89 Å². The van der Waals surface area contributed by atoms with Crippen LogP contribution in [0, 0.1) is 0 Å². The maximum absolute atomic E-state index is 12.4. The predicted molar refractivity (Wildman–Crippen MR) is 108 cm³/mol. The Hall–Kier alpha value is -2.06. The van der Waals surface area contributed by atoms with Gasteiger partial charge in [0.05, 0.1) is 18.4 Å². The van der Waals surface area contributed by atoms with E-state index in [0.29, 0.717) is 18.2 Å². The number of H-pyrrole nitrogens is 1. The topological polar surface area (TPSA) is 89.0 Å². The Bertz CT molecular complexity index is 854. The van der Waals surface area contributed by atoms with Gasteiger partial charge in [-0.15, -0.1) is 5.10 Å². The number of aromatic amines is 1. The maximum Gasteiger partial charge on any atom is 0.344 e. The quantitative estimate of drug-likeness (QED) is 0.660. The molecule has 1 unspecified atom stereocenters. The van der Waals surface area contributed by atoms with Crippen molar-refractivity contribution in [1.29, 1.82) is 0 Å². The molecular weight excluding hydrogens is 376 g/mol. The van der Waals surface area contributed by atoms with Gasteiger partial charge in [-0.1, -0.05) is 48.5 Å². The molecule has 1 aliphatic heterocycles. The first-order chi connectivity index (χ1) is 13.7. The second kappa shape index (κ2) is 8.53. The third kappa shape index (κ3) is 4.17. The number of nitrogens with one attached hydrogen (secondary N) is 2. The van der Waals surface area contributed by atoms with Crippen LogP contribution in [0.25, 0.3) is 0 Å². The highest BCUT2D eigenvalue weighted by molar-refractivity contribution is 7.99. The van der Waals surface area contributed by atoms with Crippen LogP contribution in [0.15, 0.2) is 40.3 Å². The normalized spacial score (nSPS) is 20.6. The van der Waals surface area contributed by atoms with Gasteiger partial charge in [-0.05, 0) is 31.2 Å². The van der Waals surface area contributed by atoms with Crippen LogP contribution in [0.4, 0.5) is 0 Å². The van der Waals surface area contributed by atoms with E-state index < -0.39 is 0 Å². The number of ether oxygens (including phenoxy) is 1. The lowest BCUT2D eigenvalue weighted by atomic mass is 9.64. The fraction of sp³-hybridized carbons (Fsp3) is 0.550. The number of carbonyl (C=O) groups excluding carboxylic acids is 1. The lowest BCUT2D eigenvalue weighted by molar-refractivity contribution is -0.119. The Labute approximate surface area is 168 Å². The average Bonchev–Trinajstić information content (AvgIpc) is 3.31. The number of hydrogen-bond donors (Lipinski definition) is 2. The molecule has 1 atom stereocenters. The summed E-state index contributed by atoms with van der Waals surface area (Å²) in [5.74, 6) is 0.201. The van der Waals surface area contributed by atoms with Crippen molar-refractivity contribution in [1.82, 2.24) is 20.1 Å². The first kappa shape index (κ1) is 19.3. The Balaban J connectivity index is 1.31. The van der Waals surface area contributed by atoms with E-state index in [4.69, 9.17) is 4.74 Å². The second-order valence-electron chi connectivity index (χ2n) is 7.62. The highest BCUT2D eigenvalue weighted by Gasteiger charge is 2.38. The van der Waals surface area contributed by atoms with Crippen molar-refractivity contribution in [3.05, 3.63) is 46.4 Å². The van der Waals surface area contributed by atoms with Gasteiger partial charge < -0.3 is 10.1 Å². The van der Waals surface area contributed by atoms with Crippen molar-refractivity contribution >= 4 is 17.7 Å². The van der Waals surface area contributed by atoms with Crippen LogP contribution in [0.2, 0.25) is 0 Å². The summed E-state index contributed by atoms with van der Waals surface area (Å²) >= 11 is 1.28. The Morgan fingerprint density at radius 3 is 2.82 bits per heavy atom. The lowest BCUT2D eigenvalue weighted by Crippen LogP contribution is -2.46. The summed E-state index contributed by atoms with van der Waals surface area (Å²) in [7, 11) is 0. The van der Waals surface area contributed by atoms with Crippen LogP contribution in [-0.2, 0) is 21.5 Å². The third-order valence-corrected chi connectivity index (χ3v) is 6.76. The summed E-state index contributed by atoms with van der Waals surface area (Å²) in [6.07, 6.45) is 5.42. The van der Waals surface area contributed by atoms with E-state index in [1.807, 2.05) is 6.07 Å². The molecule has 4 rings (SSSR count). The van der Waals surface area contributed by atoms with Crippen molar-refractivity contribution in [3.63, 3.8) is 0 Å². The van der Waals surface area contributed by atoms with Crippen LogP contribution < -0.4 is 11.0 Å². The number of carbonyl (C=O) groups is 1. The zero-order valence-electron chi connectivity index (χ0n) is 15.9. The van der Waals surface area contributed by atoms with Crippen molar-refractivity contribution in [2.24, 2.45) is 0 Å². The summed E-state index contributed by atoms with van der Waals surface area (Å²) in [6.45, 7) is 1.88. The molecule has 2 N–H and O–H groups in total. The van der Waals surface area contributed by atoms with E-state index in [1.165, 1.54) is 23.7 Å². The van der Waals surface area contributed by atoms with E-state index in [2.05, 4.69) is 39.8 Å². The molecule has 1 aromatic heterocycles. The van der Waals surface area contributed by atoms with Crippen molar-refractivity contribution in [2.75, 3.05) is 18.9 Å². The molecule has 1 aliphatic carbocycles. The van der Waals surface area contributed by atoms with Crippen LogP contribution in [-0.4, -0.2) is 45.7 Å². The molecule has 7 nitrogen and oxygen atoms in total. The van der Waals surface area contributed by atoms with Crippen LogP contribution >= 0.6 is 11.8 Å². The average molecular weight is 403 g/mol. The van der Waals surface area contributed by atoms with Crippen molar-refractivity contribution in [3.8, 4) is 0 Å². The third-order valence-electron chi connectivity index (χ3n) is 5.79. The van der Waals surface area contributed by atoms with Crippen LogP contribution in [0.5, 0.6) is 0 Å². The fourth-order valence-electron chi connectivity index (χ4n) is 3.98. The molecular formula is C20H26N4O3S. The molecule has 2 aliphatic rings. The van der Waals surface area contributed by atoms with E-state index in [-0.39, 0.29) is 28.9 Å². The molecule has 1 saturated heterocycles. The minimum Gasteiger partial charge on any atom is -0.376 e. The number of rotatable bonds is 8. The van der Waals surface area contributed by atoms with Crippen LogP contribution in [0.1, 0.15) is 37.7 Å². The van der Waals surface area contributed by atoms with Crippen molar-refractivity contribution < 1.29 is 9.53 Å². The molecule has 0 spiro atoms. The van der Waals surface area contributed by atoms with Gasteiger partial charge in [0.15, 0.2) is 5.16 Å². The fourth-order valence-corrected chi connectivity index (χ4v) is 4.76. The molecule has 8 heteroatoms. The predicted octanol–water partition coefficient (Wildman–Crippen LogP) is 2.08. The van der Waals surface area contributed by atoms with Gasteiger partial charge in [0.25, 0.3) is 0 Å². The molecule has 0 bridgehead atoms. The Morgan fingerprint density at radius 2 is 2.14 bits per heavy atom. The molecule has 1 aromatic carbocycles. The van der Waals surface area contributed by atoms with Gasteiger partial charge in [0, 0.05) is 18.6 Å². The standard InChI is InChI=1S/C20H26N4O3S/c25-17(21-14-20(9-5-10-20)15-6-2-1-3-7-15)13-28-19-23-22-18(26)24(19)12-16-8-4-11-27-16/h1-3,6-7,16H,4-5,8-14H2,(H,21,25)(H,22,26). The van der Waals surface area contributed by atoms with Gasteiger partial charge in [0.2, 0.25) is 5.91 Å². The number of nitrogens with zero attached hydrogens (tertiary/aromatic N) is 2. The highest BCUT2D eigenvalue weighted by atomic mass is 32.2. The Morgan fingerprint density at radius 1 is 1.32 bits per heavy atom. The lowest BCUT2D eigenvalue weighted by Gasteiger charge is -2.42.